The molecule has 0 unspecified atom stereocenters. The lowest BCUT2D eigenvalue weighted by atomic mass is 10.0. The summed E-state index contributed by atoms with van der Waals surface area (Å²) in [6.45, 7) is 5.91. The topological polar surface area (TPSA) is 93.8 Å². The maximum Gasteiger partial charge on any atom is 0.324 e. The third-order valence-corrected chi connectivity index (χ3v) is 4.29. The van der Waals surface area contributed by atoms with E-state index in [1.54, 1.807) is 6.07 Å². The molecule has 8 heteroatoms. The van der Waals surface area contributed by atoms with Gasteiger partial charge in [0.25, 0.3) is 5.91 Å². The number of nitrogens with one attached hydrogen (secondary N) is 1. The number of rotatable bonds is 7. The van der Waals surface area contributed by atoms with Gasteiger partial charge in [-0.05, 0) is 36.1 Å². The zero-order chi connectivity index (χ0) is 18.4. The molecule has 0 spiro atoms. The van der Waals surface area contributed by atoms with E-state index in [0.717, 1.165) is 22.5 Å². The number of hydrogen-bond donors (Lipinski definition) is 1. The van der Waals surface area contributed by atoms with Gasteiger partial charge >= 0.3 is 5.00 Å². The molecule has 25 heavy (non-hydrogen) atoms. The molecule has 1 aromatic carbocycles. The van der Waals surface area contributed by atoms with Gasteiger partial charge in [-0.1, -0.05) is 37.3 Å². The molecule has 2 rings (SSSR count). The van der Waals surface area contributed by atoms with Gasteiger partial charge in [0.1, 0.15) is 5.75 Å². The molecule has 0 fully saturated rings. The molecule has 1 aromatic heterocycles. The third-order valence-electron chi connectivity index (χ3n) is 3.32. The maximum atomic E-state index is 11.8. The van der Waals surface area contributed by atoms with Crippen molar-refractivity contribution in [2.45, 2.75) is 26.7 Å². The summed E-state index contributed by atoms with van der Waals surface area (Å²) in [6, 6.07) is 8.86. The first-order valence-electron chi connectivity index (χ1n) is 7.66. The number of aryl methyl sites for hydroxylation is 1. The molecule has 1 heterocycles. The first kappa shape index (κ1) is 18.6. The molecule has 0 saturated heterocycles. The lowest BCUT2D eigenvalue weighted by molar-refractivity contribution is -0.380. The molecule has 1 N–H and O–H groups in total. The van der Waals surface area contributed by atoms with Crippen molar-refractivity contribution in [1.29, 1.82) is 0 Å². The van der Waals surface area contributed by atoms with E-state index in [1.807, 2.05) is 25.1 Å². The van der Waals surface area contributed by atoms with Crippen LogP contribution in [0.1, 0.15) is 35.8 Å². The van der Waals surface area contributed by atoms with E-state index in [-0.39, 0.29) is 17.5 Å². The van der Waals surface area contributed by atoms with E-state index in [4.69, 9.17) is 4.74 Å². The number of nitro groups is 1. The largest absolute Gasteiger partial charge is 0.483 e. The van der Waals surface area contributed by atoms with Crippen molar-refractivity contribution in [2.75, 3.05) is 6.61 Å². The third kappa shape index (κ3) is 5.39. The average Bonchev–Trinajstić information content (AvgIpc) is 3.02. The number of thiophene rings is 1. The number of hydrazone groups is 1. The van der Waals surface area contributed by atoms with E-state index in [1.165, 1.54) is 12.3 Å². The minimum atomic E-state index is -0.470. The van der Waals surface area contributed by atoms with E-state index >= 15 is 0 Å². The second kappa shape index (κ2) is 8.39. The summed E-state index contributed by atoms with van der Waals surface area (Å²) in [5, 5.41) is 14.4. The molecule has 1 amide bonds. The van der Waals surface area contributed by atoms with Gasteiger partial charge in [-0.25, -0.2) is 5.43 Å². The van der Waals surface area contributed by atoms with E-state index in [2.05, 4.69) is 24.4 Å². The monoisotopic (exact) mass is 361 g/mol. The summed E-state index contributed by atoms with van der Waals surface area (Å²) in [6.07, 6.45) is 1.36. The number of amides is 1. The number of hydrogen-bond acceptors (Lipinski definition) is 6. The molecule has 7 nitrogen and oxygen atoms in total. The number of ether oxygens (including phenoxy) is 1. The molecule has 0 radical (unpaired) electrons. The predicted octanol–water partition coefficient (Wildman–Crippen LogP) is 3.62. The SMILES string of the molecule is Cc1ccc(C(C)C)c(OCC(=O)N/N=C\c2ccc([N+](=O)[O-])s2)c1. The summed E-state index contributed by atoms with van der Waals surface area (Å²) < 4.78 is 5.61. The molecule has 0 atom stereocenters. The van der Waals surface area contributed by atoms with Gasteiger partial charge in [0.05, 0.1) is 16.0 Å². The molecule has 132 valence electrons. The summed E-state index contributed by atoms with van der Waals surface area (Å²) in [5.74, 6) is 0.563. The Morgan fingerprint density at radius 2 is 2.16 bits per heavy atom. The van der Waals surface area contributed by atoms with Gasteiger partial charge in [-0.2, -0.15) is 5.10 Å². The lowest BCUT2D eigenvalue weighted by Gasteiger charge is -2.14. The van der Waals surface area contributed by atoms with Crippen LogP contribution in [0.4, 0.5) is 5.00 Å². The summed E-state index contributed by atoms with van der Waals surface area (Å²) in [4.78, 5) is 22.5. The van der Waals surface area contributed by atoms with Crippen molar-refractivity contribution in [2.24, 2.45) is 5.10 Å². The van der Waals surface area contributed by atoms with Gasteiger partial charge < -0.3 is 4.74 Å². The quantitative estimate of drug-likeness (QED) is 0.463. The second-order valence-electron chi connectivity index (χ2n) is 5.71. The fraction of sp³-hybridized carbons (Fsp3) is 0.294. The van der Waals surface area contributed by atoms with Gasteiger partial charge in [0.15, 0.2) is 6.61 Å². The smallest absolute Gasteiger partial charge is 0.324 e. The standard InChI is InChI=1S/C17H19N3O4S/c1-11(2)14-6-4-12(3)8-15(14)24-10-16(21)19-18-9-13-5-7-17(25-13)20(22)23/h4-9,11H,10H2,1-3H3,(H,19,21)/b18-9-. The van der Waals surface area contributed by atoms with Crippen molar-refractivity contribution in [3.63, 3.8) is 0 Å². The molecule has 0 aliphatic heterocycles. The molecule has 0 aliphatic carbocycles. The van der Waals surface area contributed by atoms with Crippen LogP contribution in [0.25, 0.3) is 0 Å². The van der Waals surface area contributed by atoms with Crippen LogP contribution in [0.2, 0.25) is 0 Å². The highest BCUT2D eigenvalue weighted by molar-refractivity contribution is 7.16. The molecular weight excluding hydrogens is 342 g/mol. The zero-order valence-corrected chi connectivity index (χ0v) is 15.0. The van der Waals surface area contributed by atoms with Crippen LogP contribution < -0.4 is 10.2 Å². The summed E-state index contributed by atoms with van der Waals surface area (Å²) >= 11 is 0.979. The first-order valence-corrected chi connectivity index (χ1v) is 8.48. The second-order valence-corrected chi connectivity index (χ2v) is 6.80. The maximum absolute atomic E-state index is 11.8. The lowest BCUT2D eigenvalue weighted by Crippen LogP contribution is -2.24. The van der Waals surface area contributed by atoms with Crippen molar-refractivity contribution >= 4 is 28.5 Å². The predicted molar refractivity (Wildman–Crippen MR) is 97.5 cm³/mol. The fourth-order valence-corrected chi connectivity index (χ4v) is 2.79. The molecular formula is C17H19N3O4S. The van der Waals surface area contributed by atoms with Crippen LogP contribution in [0.15, 0.2) is 35.4 Å². The molecule has 0 aliphatic rings. The van der Waals surface area contributed by atoms with Crippen LogP contribution in [0.5, 0.6) is 5.75 Å². The average molecular weight is 361 g/mol. The van der Waals surface area contributed by atoms with Gasteiger partial charge in [-0.3, -0.25) is 14.9 Å². The zero-order valence-electron chi connectivity index (χ0n) is 14.2. The minimum Gasteiger partial charge on any atom is -0.483 e. The van der Waals surface area contributed by atoms with Crippen LogP contribution in [0, 0.1) is 17.0 Å². The first-order chi connectivity index (χ1) is 11.9. The van der Waals surface area contributed by atoms with E-state index in [0.29, 0.717) is 10.6 Å². The van der Waals surface area contributed by atoms with Crippen molar-refractivity contribution in [3.8, 4) is 5.75 Å². The Morgan fingerprint density at radius 3 is 2.80 bits per heavy atom. The Bertz CT molecular complexity index is 799. The van der Waals surface area contributed by atoms with Crippen LogP contribution in [-0.4, -0.2) is 23.7 Å². The highest BCUT2D eigenvalue weighted by Gasteiger charge is 2.10. The van der Waals surface area contributed by atoms with Gasteiger partial charge in [0.2, 0.25) is 0 Å². The summed E-state index contributed by atoms with van der Waals surface area (Å²) in [7, 11) is 0. The molecule has 0 saturated carbocycles. The Kier molecular flexibility index (Phi) is 6.24. The highest BCUT2D eigenvalue weighted by Crippen LogP contribution is 2.27. The van der Waals surface area contributed by atoms with E-state index in [9.17, 15) is 14.9 Å². The Hall–Kier alpha value is -2.74. The fourth-order valence-electron chi connectivity index (χ4n) is 2.10. The Labute approximate surface area is 149 Å². The minimum absolute atomic E-state index is 0.0248. The van der Waals surface area contributed by atoms with Crippen LogP contribution in [0.3, 0.4) is 0 Å². The normalized spacial score (nSPS) is 11.0. The molecule has 0 bridgehead atoms. The summed E-state index contributed by atoms with van der Waals surface area (Å²) in [5.41, 5.74) is 4.43. The number of benzene rings is 1. The Morgan fingerprint density at radius 1 is 1.40 bits per heavy atom. The van der Waals surface area contributed by atoms with Gasteiger partial charge in [0, 0.05) is 6.07 Å². The Balaban J connectivity index is 1.89. The highest BCUT2D eigenvalue weighted by atomic mass is 32.1. The van der Waals surface area contributed by atoms with E-state index < -0.39 is 10.8 Å². The number of nitrogens with zero attached hydrogens (tertiary/aromatic N) is 2. The van der Waals surface area contributed by atoms with Gasteiger partial charge in [-0.15, -0.1) is 0 Å². The number of carbonyl (C=O) groups is 1. The van der Waals surface area contributed by atoms with Crippen molar-refractivity contribution in [1.82, 2.24) is 5.43 Å². The van der Waals surface area contributed by atoms with Crippen molar-refractivity contribution in [3.05, 3.63) is 56.5 Å². The van der Waals surface area contributed by atoms with Crippen LogP contribution in [-0.2, 0) is 4.79 Å². The number of carbonyl (C=O) groups excluding carboxylic acids is 1. The molecule has 2 aromatic rings. The van der Waals surface area contributed by atoms with Crippen LogP contribution >= 0.6 is 11.3 Å². The van der Waals surface area contributed by atoms with Crippen molar-refractivity contribution < 1.29 is 14.5 Å².